The number of carbonyl (C=O) groups excluding carboxylic acids is 1. The highest BCUT2D eigenvalue weighted by molar-refractivity contribution is 6.43. The zero-order chi connectivity index (χ0) is 15.2. The van der Waals surface area contributed by atoms with E-state index in [1.54, 1.807) is 18.2 Å². The highest BCUT2D eigenvalue weighted by atomic mass is 35.5. The van der Waals surface area contributed by atoms with Crippen LogP contribution in [0.2, 0.25) is 10.0 Å². The van der Waals surface area contributed by atoms with Crippen LogP contribution in [0.3, 0.4) is 0 Å². The summed E-state index contributed by atoms with van der Waals surface area (Å²) in [5, 5.41) is 6.87. The molecule has 2 N–H and O–H groups in total. The second-order valence-corrected chi connectivity index (χ2v) is 6.21. The van der Waals surface area contributed by atoms with Gasteiger partial charge in [-0.1, -0.05) is 29.3 Å². The van der Waals surface area contributed by atoms with Crippen molar-refractivity contribution in [1.82, 2.24) is 10.2 Å². The summed E-state index contributed by atoms with van der Waals surface area (Å²) in [6.07, 6.45) is 2.26. The van der Waals surface area contributed by atoms with Crippen molar-refractivity contribution < 1.29 is 4.79 Å². The third-order valence-electron chi connectivity index (χ3n) is 3.79. The highest BCUT2D eigenvalue weighted by Crippen LogP contribution is 2.29. The maximum absolute atomic E-state index is 12.1. The molecule has 1 aliphatic heterocycles. The van der Waals surface area contributed by atoms with Crippen molar-refractivity contribution in [2.24, 2.45) is 5.92 Å². The molecule has 0 aromatic heterocycles. The summed E-state index contributed by atoms with van der Waals surface area (Å²) in [6, 6.07) is 5.23. The lowest BCUT2D eigenvalue weighted by Gasteiger charge is -2.31. The van der Waals surface area contributed by atoms with E-state index in [-0.39, 0.29) is 5.91 Å². The monoisotopic (exact) mass is 329 g/mol. The van der Waals surface area contributed by atoms with Gasteiger partial charge in [0.2, 0.25) is 5.91 Å². The number of nitrogens with one attached hydrogen (secondary N) is 2. The van der Waals surface area contributed by atoms with E-state index in [0.29, 0.717) is 22.3 Å². The van der Waals surface area contributed by atoms with Crippen molar-refractivity contribution in [2.75, 3.05) is 38.5 Å². The van der Waals surface area contributed by atoms with E-state index in [9.17, 15) is 4.79 Å². The summed E-state index contributed by atoms with van der Waals surface area (Å²) in [4.78, 5) is 14.3. The third-order valence-corrected chi connectivity index (χ3v) is 4.61. The SMILES string of the molecule is CNCC1CCN(CC(=O)Nc2cccc(Cl)c2Cl)CC1. The summed E-state index contributed by atoms with van der Waals surface area (Å²) in [7, 11) is 1.98. The fraction of sp³-hybridized carbons (Fsp3) is 0.533. The predicted octanol–water partition coefficient (Wildman–Crippen LogP) is 2.86. The Labute approximate surface area is 135 Å². The predicted molar refractivity (Wildman–Crippen MR) is 88.2 cm³/mol. The van der Waals surface area contributed by atoms with Gasteiger partial charge in [-0.2, -0.15) is 0 Å². The van der Waals surface area contributed by atoms with Crippen molar-refractivity contribution in [3.05, 3.63) is 28.2 Å². The van der Waals surface area contributed by atoms with Gasteiger partial charge in [-0.25, -0.2) is 0 Å². The average molecular weight is 330 g/mol. The number of hydrogen-bond acceptors (Lipinski definition) is 3. The van der Waals surface area contributed by atoms with E-state index in [0.717, 1.165) is 38.4 Å². The lowest BCUT2D eigenvalue weighted by Crippen LogP contribution is -2.40. The van der Waals surface area contributed by atoms with Gasteiger partial charge in [-0.15, -0.1) is 0 Å². The van der Waals surface area contributed by atoms with E-state index in [2.05, 4.69) is 15.5 Å². The molecule has 0 radical (unpaired) electrons. The Balaban J connectivity index is 1.81. The summed E-state index contributed by atoms with van der Waals surface area (Å²) in [5.41, 5.74) is 0.569. The normalized spacial score (nSPS) is 16.9. The molecule has 0 aliphatic carbocycles. The Morgan fingerprint density at radius 1 is 1.33 bits per heavy atom. The second kappa shape index (κ2) is 7.99. The van der Waals surface area contributed by atoms with Crippen LogP contribution in [0, 0.1) is 5.92 Å². The molecule has 1 heterocycles. The number of hydrogen-bond donors (Lipinski definition) is 2. The van der Waals surface area contributed by atoms with Crippen molar-refractivity contribution in [3.8, 4) is 0 Å². The number of carbonyl (C=O) groups is 1. The first-order chi connectivity index (χ1) is 10.1. The van der Waals surface area contributed by atoms with Gasteiger partial charge in [0.1, 0.15) is 0 Å². The molecule has 1 aromatic carbocycles. The minimum Gasteiger partial charge on any atom is -0.324 e. The number of piperidine rings is 1. The average Bonchev–Trinajstić information content (AvgIpc) is 2.46. The van der Waals surface area contributed by atoms with Crippen LogP contribution in [0.4, 0.5) is 5.69 Å². The van der Waals surface area contributed by atoms with Crippen molar-refractivity contribution in [3.63, 3.8) is 0 Å². The van der Waals surface area contributed by atoms with E-state index < -0.39 is 0 Å². The zero-order valence-electron chi connectivity index (χ0n) is 12.2. The molecule has 1 amide bonds. The van der Waals surface area contributed by atoms with Gasteiger partial charge in [0, 0.05) is 0 Å². The Hall–Kier alpha value is -0.810. The van der Waals surface area contributed by atoms with Gasteiger partial charge >= 0.3 is 0 Å². The lowest BCUT2D eigenvalue weighted by molar-refractivity contribution is -0.117. The molecule has 0 bridgehead atoms. The summed E-state index contributed by atoms with van der Waals surface area (Å²) < 4.78 is 0. The summed E-state index contributed by atoms with van der Waals surface area (Å²) in [6.45, 7) is 3.37. The Bertz CT molecular complexity index is 488. The minimum absolute atomic E-state index is 0.0498. The molecular weight excluding hydrogens is 309 g/mol. The first-order valence-corrected chi connectivity index (χ1v) is 7.96. The molecule has 0 atom stereocenters. The van der Waals surface area contributed by atoms with Crippen LogP contribution in [0.5, 0.6) is 0 Å². The van der Waals surface area contributed by atoms with Gasteiger partial charge < -0.3 is 10.6 Å². The number of anilines is 1. The van der Waals surface area contributed by atoms with Crippen LogP contribution in [-0.2, 0) is 4.79 Å². The van der Waals surface area contributed by atoms with E-state index >= 15 is 0 Å². The Morgan fingerprint density at radius 3 is 2.71 bits per heavy atom. The van der Waals surface area contributed by atoms with E-state index in [1.165, 1.54) is 0 Å². The Morgan fingerprint density at radius 2 is 2.05 bits per heavy atom. The molecule has 0 saturated carbocycles. The molecular formula is C15H21Cl2N3O. The molecule has 4 nitrogen and oxygen atoms in total. The van der Waals surface area contributed by atoms with Crippen LogP contribution < -0.4 is 10.6 Å². The van der Waals surface area contributed by atoms with Crippen molar-refractivity contribution in [2.45, 2.75) is 12.8 Å². The van der Waals surface area contributed by atoms with Crippen molar-refractivity contribution >= 4 is 34.8 Å². The van der Waals surface area contributed by atoms with Crippen LogP contribution in [-0.4, -0.2) is 44.0 Å². The smallest absolute Gasteiger partial charge is 0.238 e. The fourth-order valence-corrected chi connectivity index (χ4v) is 2.98. The molecule has 0 unspecified atom stereocenters. The molecule has 1 saturated heterocycles. The van der Waals surface area contributed by atoms with Crippen LogP contribution in [0.1, 0.15) is 12.8 Å². The molecule has 1 aliphatic rings. The van der Waals surface area contributed by atoms with E-state index in [4.69, 9.17) is 23.2 Å². The second-order valence-electron chi connectivity index (χ2n) is 5.43. The van der Waals surface area contributed by atoms with Gasteiger partial charge in [0.15, 0.2) is 0 Å². The quantitative estimate of drug-likeness (QED) is 0.873. The molecule has 2 rings (SSSR count). The fourth-order valence-electron chi connectivity index (χ4n) is 2.63. The lowest BCUT2D eigenvalue weighted by atomic mass is 9.97. The maximum atomic E-state index is 12.1. The van der Waals surface area contributed by atoms with Gasteiger partial charge in [-0.05, 0) is 57.6 Å². The minimum atomic E-state index is -0.0498. The van der Waals surface area contributed by atoms with E-state index in [1.807, 2.05) is 7.05 Å². The molecule has 6 heteroatoms. The van der Waals surface area contributed by atoms with Gasteiger partial charge in [0.05, 0.1) is 22.3 Å². The molecule has 21 heavy (non-hydrogen) atoms. The first-order valence-electron chi connectivity index (χ1n) is 7.21. The number of benzene rings is 1. The number of rotatable bonds is 5. The van der Waals surface area contributed by atoms with Crippen LogP contribution in [0.15, 0.2) is 18.2 Å². The molecule has 0 spiro atoms. The summed E-state index contributed by atoms with van der Waals surface area (Å²) >= 11 is 12.0. The first kappa shape index (κ1) is 16.6. The zero-order valence-corrected chi connectivity index (χ0v) is 13.7. The summed E-state index contributed by atoms with van der Waals surface area (Å²) in [5.74, 6) is 0.669. The topological polar surface area (TPSA) is 44.4 Å². The third kappa shape index (κ3) is 4.85. The highest BCUT2D eigenvalue weighted by Gasteiger charge is 2.20. The molecule has 1 aromatic rings. The number of halogens is 2. The molecule has 116 valence electrons. The molecule has 1 fully saturated rings. The number of amides is 1. The Kier molecular flexibility index (Phi) is 6.30. The largest absolute Gasteiger partial charge is 0.324 e. The standard InChI is InChI=1S/C15H21Cl2N3O/c1-18-9-11-5-7-20(8-6-11)10-14(21)19-13-4-2-3-12(16)15(13)17/h2-4,11,18H,5-10H2,1H3,(H,19,21). The number of nitrogens with zero attached hydrogens (tertiary/aromatic N) is 1. The van der Waals surface area contributed by atoms with Gasteiger partial charge in [-0.3, -0.25) is 9.69 Å². The van der Waals surface area contributed by atoms with Crippen molar-refractivity contribution in [1.29, 1.82) is 0 Å². The number of likely N-dealkylation sites (tertiary alicyclic amines) is 1. The van der Waals surface area contributed by atoms with Crippen LogP contribution in [0.25, 0.3) is 0 Å². The maximum Gasteiger partial charge on any atom is 0.238 e. The van der Waals surface area contributed by atoms with Gasteiger partial charge in [0.25, 0.3) is 0 Å². The van der Waals surface area contributed by atoms with Crippen LogP contribution >= 0.6 is 23.2 Å².